The molecule has 26 heavy (non-hydrogen) atoms. The Hall–Kier alpha value is -3.88. The first-order chi connectivity index (χ1) is 12.5. The first-order valence-electron chi connectivity index (χ1n) is 7.42. The Kier molecular flexibility index (Phi) is 4.79. The van der Waals surface area contributed by atoms with E-state index in [1.165, 1.54) is 48.7 Å². The average Bonchev–Trinajstić information content (AvgIpc) is 3.13. The van der Waals surface area contributed by atoms with Crippen molar-refractivity contribution in [1.82, 2.24) is 15.6 Å². The molecular weight excluding hydrogens is 341 g/mol. The van der Waals surface area contributed by atoms with Crippen LogP contribution in [0.3, 0.4) is 0 Å². The molecule has 1 amide bonds. The number of benzene rings is 2. The maximum Gasteiger partial charge on any atom is 0.289 e. The molecule has 130 valence electrons. The summed E-state index contributed by atoms with van der Waals surface area (Å²) in [6.07, 6.45) is 1.36. The van der Waals surface area contributed by atoms with E-state index in [2.05, 4.69) is 20.7 Å². The van der Waals surface area contributed by atoms with Gasteiger partial charge in [-0.1, -0.05) is 0 Å². The Balaban J connectivity index is 1.63. The van der Waals surface area contributed by atoms with E-state index in [0.717, 1.165) is 0 Å². The van der Waals surface area contributed by atoms with Crippen molar-refractivity contribution in [2.24, 2.45) is 5.10 Å². The standard InChI is InChI=1S/C17H12FN5O3/c18-13-5-3-12(4-6-13)15-9-16(21-20-15)17(24)22-19-10-11-1-7-14(8-2-11)23(25)26/h1-10H,(H,20,21)(H,22,24). The van der Waals surface area contributed by atoms with Crippen LogP contribution in [0, 0.1) is 15.9 Å². The first kappa shape index (κ1) is 17.0. The van der Waals surface area contributed by atoms with Crippen molar-refractivity contribution in [2.75, 3.05) is 0 Å². The minimum atomic E-state index is -0.510. The van der Waals surface area contributed by atoms with E-state index in [4.69, 9.17) is 0 Å². The molecule has 2 aromatic carbocycles. The summed E-state index contributed by atoms with van der Waals surface area (Å²) in [4.78, 5) is 22.1. The molecule has 0 aliphatic carbocycles. The van der Waals surface area contributed by atoms with E-state index in [-0.39, 0.29) is 17.2 Å². The third-order valence-electron chi connectivity index (χ3n) is 3.45. The van der Waals surface area contributed by atoms with Crippen LogP contribution in [0.15, 0.2) is 59.7 Å². The first-order valence-corrected chi connectivity index (χ1v) is 7.42. The summed E-state index contributed by atoms with van der Waals surface area (Å²) in [5.74, 6) is -0.869. The molecule has 0 saturated carbocycles. The van der Waals surface area contributed by atoms with E-state index in [9.17, 15) is 19.3 Å². The van der Waals surface area contributed by atoms with Gasteiger partial charge in [0.25, 0.3) is 11.6 Å². The van der Waals surface area contributed by atoms with E-state index >= 15 is 0 Å². The minimum absolute atomic E-state index is 0.0306. The molecule has 0 atom stereocenters. The van der Waals surface area contributed by atoms with Crippen LogP contribution in [-0.4, -0.2) is 27.2 Å². The van der Waals surface area contributed by atoms with Gasteiger partial charge in [0.15, 0.2) is 0 Å². The topological polar surface area (TPSA) is 113 Å². The SMILES string of the molecule is O=C(NN=Cc1ccc([N+](=O)[O-])cc1)c1cc(-c2ccc(F)cc2)n[nH]1. The number of halogens is 1. The summed E-state index contributed by atoms with van der Waals surface area (Å²) in [6, 6.07) is 12.9. The molecular formula is C17H12FN5O3. The lowest BCUT2D eigenvalue weighted by atomic mass is 10.1. The van der Waals surface area contributed by atoms with Crippen LogP contribution in [0.4, 0.5) is 10.1 Å². The van der Waals surface area contributed by atoms with E-state index in [1.54, 1.807) is 12.1 Å². The van der Waals surface area contributed by atoms with Crippen molar-refractivity contribution < 1.29 is 14.1 Å². The van der Waals surface area contributed by atoms with Gasteiger partial charge in [0, 0.05) is 17.7 Å². The number of nitro groups is 1. The highest BCUT2D eigenvalue weighted by Crippen LogP contribution is 2.18. The maximum absolute atomic E-state index is 12.9. The van der Waals surface area contributed by atoms with Crippen molar-refractivity contribution >= 4 is 17.8 Å². The van der Waals surface area contributed by atoms with Crippen LogP contribution in [0.25, 0.3) is 11.3 Å². The second-order valence-electron chi connectivity index (χ2n) is 5.22. The quantitative estimate of drug-likeness (QED) is 0.417. The summed E-state index contributed by atoms with van der Waals surface area (Å²) in [6.45, 7) is 0. The number of carbonyl (C=O) groups excluding carboxylic acids is 1. The number of non-ortho nitro benzene ring substituents is 1. The molecule has 1 heterocycles. The minimum Gasteiger partial charge on any atom is -0.272 e. The number of aromatic amines is 1. The number of hydrogen-bond acceptors (Lipinski definition) is 5. The number of carbonyl (C=O) groups is 1. The summed E-state index contributed by atoms with van der Waals surface area (Å²) in [5.41, 5.74) is 4.23. The second kappa shape index (κ2) is 7.34. The molecule has 0 fully saturated rings. The monoisotopic (exact) mass is 353 g/mol. The van der Waals surface area contributed by atoms with Gasteiger partial charge in [-0.05, 0) is 48.0 Å². The average molecular weight is 353 g/mol. The summed E-state index contributed by atoms with van der Waals surface area (Å²) in [7, 11) is 0. The lowest BCUT2D eigenvalue weighted by Crippen LogP contribution is -2.17. The smallest absolute Gasteiger partial charge is 0.272 e. The predicted octanol–water partition coefficient (Wildman–Crippen LogP) is 2.89. The normalized spacial score (nSPS) is 10.8. The number of amides is 1. The molecule has 0 aliphatic rings. The molecule has 3 aromatic rings. The Bertz CT molecular complexity index is 965. The second-order valence-corrected chi connectivity index (χ2v) is 5.22. The molecule has 0 radical (unpaired) electrons. The summed E-state index contributed by atoms with van der Waals surface area (Å²) in [5, 5.41) is 21.0. The maximum atomic E-state index is 12.9. The molecule has 0 bridgehead atoms. The fraction of sp³-hybridized carbons (Fsp3) is 0. The highest BCUT2D eigenvalue weighted by Gasteiger charge is 2.10. The Morgan fingerprint density at radius 2 is 1.88 bits per heavy atom. The van der Waals surface area contributed by atoms with Crippen molar-refractivity contribution in [2.45, 2.75) is 0 Å². The molecule has 0 unspecified atom stereocenters. The van der Waals surface area contributed by atoms with Crippen molar-refractivity contribution in [1.29, 1.82) is 0 Å². The third-order valence-corrected chi connectivity index (χ3v) is 3.45. The van der Waals surface area contributed by atoms with Gasteiger partial charge in [-0.15, -0.1) is 0 Å². The zero-order valence-electron chi connectivity index (χ0n) is 13.2. The van der Waals surface area contributed by atoms with Gasteiger partial charge in [-0.2, -0.15) is 10.2 Å². The summed E-state index contributed by atoms with van der Waals surface area (Å²) < 4.78 is 12.9. The van der Waals surface area contributed by atoms with E-state index in [0.29, 0.717) is 16.8 Å². The Labute approximate surface area is 146 Å². The van der Waals surface area contributed by atoms with Gasteiger partial charge in [0.2, 0.25) is 0 Å². The highest BCUT2D eigenvalue weighted by molar-refractivity contribution is 5.94. The number of hydrazone groups is 1. The van der Waals surface area contributed by atoms with Crippen molar-refractivity contribution in [3.05, 3.63) is 81.8 Å². The molecule has 0 saturated heterocycles. The van der Waals surface area contributed by atoms with Crippen molar-refractivity contribution in [3.8, 4) is 11.3 Å². The molecule has 1 aromatic heterocycles. The molecule has 0 aliphatic heterocycles. The third kappa shape index (κ3) is 3.96. The van der Waals surface area contributed by atoms with Crippen LogP contribution in [0.2, 0.25) is 0 Å². The van der Waals surface area contributed by atoms with Gasteiger partial charge >= 0.3 is 0 Å². The fourth-order valence-corrected chi connectivity index (χ4v) is 2.11. The van der Waals surface area contributed by atoms with Gasteiger partial charge in [-0.25, -0.2) is 9.82 Å². The zero-order valence-corrected chi connectivity index (χ0v) is 13.2. The van der Waals surface area contributed by atoms with Gasteiger partial charge in [0.05, 0.1) is 16.8 Å². The van der Waals surface area contributed by atoms with Crippen LogP contribution in [-0.2, 0) is 0 Å². The lowest BCUT2D eigenvalue weighted by molar-refractivity contribution is -0.384. The molecule has 3 rings (SSSR count). The Morgan fingerprint density at radius 3 is 2.54 bits per heavy atom. The molecule has 0 spiro atoms. The number of hydrogen-bond donors (Lipinski definition) is 2. The van der Waals surface area contributed by atoms with Crippen molar-refractivity contribution in [3.63, 3.8) is 0 Å². The molecule has 9 heteroatoms. The van der Waals surface area contributed by atoms with Crippen LogP contribution in [0.1, 0.15) is 16.1 Å². The molecule has 8 nitrogen and oxygen atoms in total. The van der Waals surface area contributed by atoms with Gasteiger partial charge in [-0.3, -0.25) is 20.0 Å². The van der Waals surface area contributed by atoms with Crippen LogP contribution >= 0.6 is 0 Å². The number of rotatable bonds is 5. The number of H-pyrrole nitrogens is 1. The lowest BCUT2D eigenvalue weighted by Gasteiger charge is -1.96. The number of nitrogens with one attached hydrogen (secondary N) is 2. The number of nitrogens with zero attached hydrogens (tertiary/aromatic N) is 3. The largest absolute Gasteiger partial charge is 0.289 e. The van der Waals surface area contributed by atoms with Gasteiger partial charge in [0.1, 0.15) is 11.5 Å². The van der Waals surface area contributed by atoms with Crippen LogP contribution < -0.4 is 5.43 Å². The number of nitro benzene ring substituents is 1. The van der Waals surface area contributed by atoms with Crippen LogP contribution in [0.5, 0.6) is 0 Å². The van der Waals surface area contributed by atoms with Gasteiger partial charge < -0.3 is 0 Å². The molecule has 2 N–H and O–H groups in total. The summed E-state index contributed by atoms with van der Waals surface area (Å²) >= 11 is 0. The predicted molar refractivity (Wildman–Crippen MR) is 92.1 cm³/mol. The Morgan fingerprint density at radius 1 is 1.19 bits per heavy atom. The highest BCUT2D eigenvalue weighted by atomic mass is 19.1. The van der Waals surface area contributed by atoms with E-state index in [1.807, 2.05) is 0 Å². The zero-order chi connectivity index (χ0) is 18.5. The fourth-order valence-electron chi connectivity index (χ4n) is 2.11. The van der Waals surface area contributed by atoms with E-state index < -0.39 is 10.8 Å². The number of aromatic nitrogens is 2.